The monoisotopic (exact) mass is 383 g/mol. The van der Waals surface area contributed by atoms with Gasteiger partial charge in [0, 0.05) is 7.11 Å². The molecule has 0 heterocycles. The van der Waals surface area contributed by atoms with Gasteiger partial charge in [-0.25, -0.2) is 0 Å². The highest BCUT2D eigenvalue weighted by Crippen LogP contribution is 2.23. The van der Waals surface area contributed by atoms with Crippen molar-refractivity contribution in [2.75, 3.05) is 20.3 Å². The highest BCUT2D eigenvalue weighted by atomic mass is 16.5. The van der Waals surface area contributed by atoms with Crippen molar-refractivity contribution in [3.8, 4) is 0 Å². The molecule has 0 fully saturated rings. The van der Waals surface area contributed by atoms with Crippen LogP contribution in [0.25, 0.3) is 0 Å². The van der Waals surface area contributed by atoms with E-state index in [1.165, 1.54) is 16.7 Å². The highest BCUT2D eigenvalue weighted by Gasteiger charge is 2.36. The zero-order valence-electron chi connectivity index (χ0n) is 19.9. The molecule has 1 N–H and O–H groups in total. The Labute approximate surface area is 168 Å². The molecule has 0 saturated carbocycles. The van der Waals surface area contributed by atoms with Gasteiger partial charge in [-0.15, -0.1) is 0 Å². The van der Waals surface area contributed by atoms with Gasteiger partial charge in [0.2, 0.25) is 6.41 Å². The fourth-order valence-corrected chi connectivity index (χ4v) is 2.49. The first kappa shape index (κ1) is 30.3. The van der Waals surface area contributed by atoms with Gasteiger partial charge in [0.05, 0.1) is 24.3 Å². The van der Waals surface area contributed by atoms with Crippen molar-refractivity contribution in [2.45, 2.75) is 87.2 Å². The van der Waals surface area contributed by atoms with Crippen LogP contribution in [0.1, 0.15) is 72.1 Å². The van der Waals surface area contributed by atoms with Crippen molar-refractivity contribution in [3.63, 3.8) is 0 Å². The first-order chi connectivity index (χ1) is 12.5. The quantitative estimate of drug-likeness (QED) is 0.678. The molecule has 27 heavy (non-hydrogen) atoms. The molecule has 0 atom stereocenters. The van der Waals surface area contributed by atoms with Crippen LogP contribution in [0.15, 0.2) is 18.2 Å². The van der Waals surface area contributed by atoms with E-state index in [2.05, 4.69) is 39.0 Å². The van der Waals surface area contributed by atoms with Crippen LogP contribution in [0, 0.1) is 20.8 Å². The number of amides is 1. The van der Waals surface area contributed by atoms with E-state index < -0.39 is 11.1 Å². The van der Waals surface area contributed by atoms with Gasteiger partial charge in [-0.1, -0.05) is 51.5 Å². The third-order valence-corrected chi connectivity index (χ3v) is 3.96. The third kappa shape index (κ3) is 11.8. The second-order valence-electron chi connectivity index (χ2n) is 7.28. The predicted molar refractivity (Wildman–Crippen MR) is 118 cm³/mol. The number of aliphatic hydroxyl groups is 1. The molecule has 0 unspecified atom stereocenters. The molecule has 1 amide bonds. The minimum Gasteiger partial charge on any atom is -0.394 e. The molecule has 0 spiro atoms. The Morgan fingerprint density at radius 1 is 0.963 bits per heavy atom. The van der Waals surface area contributed by atoms with Crippen LogP contribution in [0.3, 0.4) is 0 Å². The summed E-state index contributed by atoms with van der Waals surface area (Å²) in [6, 6.07) is 6.50. The molecule has 0 bridgehead atoms. The van der Waals surface area contributed by atoms with E-state index in [9.17, 15) is 9.90 Å². The number of ether oxygens (including phenoxy) is 1. The number of carbonyl (C=O) groups is 1. The Kier molecular flexibility index (Phi) is 17.6. The smallest absolute Gasteiger partial charge is 0.210 e. The topological polar surface area (TPSA) is 49.8 Å². The second kappa shape index (κ2) is 15.6. The molecule has 1 aromatic carbocycles. The molecular weight excluding hydrogens is 338 g/mol. The lowest BCUT2D eigenvalue weighted by atomic mass is 9.95. The molecule has 160 valence electrons. The fourth-order valence-electron chi connectivity index (χ4n) is 2.49. The van der Waals surface area contributed by atoms with Gasteiger partial charge in [0.25, 0.3) is 0 Å². The van der Waals surface area contributed by atoms with Gasteiger partial charge in [0.1, 0.15) is 0 Å². The van der Waals surface area contributed by atoms with Gasteiger partial charge in [0.15, 0.2) is 0 Å². The maximum Gasteiger partial charge on any atom is 0.210 e. The minimum atomic E-state index is -0.566. The average Bonchev–Trinajstić information content (AvgIpc) is 2.62. The van der Waals surface area contributed by atoms with E-state index in [1.54, 1.807) is 12.0 Å². The summed E-state index contributed by atoms with van der Waals surface area (Å²) in [6.45, 7) is 22.2. The van der Waals surface area contributed by atoms with E-state index in [0.29, 0.717) is 6.61 Å². The molecule has 0 aromatic heterocycles. The first-order valence-electron chi connectivity index (χ1n) is 9.90. The largest absolute Gasteiger partial charge is 0.394 e. The number of methoxy groups -OCH3 is 1. The normalized spacial score (nSPS) is 10.3. The van der Waals surface area contributed by atoms with Crippen LogP contribution in [-0.2, 0) is 9.53 Å². The number of rotatable bonds is 6. The van der Waals surface area contributed by atoms with Crippen molar-refractivity contribution < 1.29 is 14.6 Å². The maximum atomic E-state index is 11.0. The molecule has 1 aromatic rings. The SMILES string of the molecule is CC.CC.COCC(C)(C)N(C=O)C(C)(C)CO.Cc1ccc(C)c(C)c1. The van der Waals surface area contributed by atoms with Crippen molar-refractivity contribution >= 4 is 6.41 Å². The van der Waals surface area contributed by atoms with Crippen molar-refractivity contribution in [2.24, 2.45) is 0 Å². The number of aryl methyl sites for hydroxylation is 3. The highest BCUT2D eigenvalue weighted by molar-refractivity contribution is 5.50. The molecule has 0 aliphatic heterocycles. The van der Waals surface area contributed by atoms with Crippen LogP contribution < -0.4 is 0 Å². The summed E-state index contributed by atoms with van der Waals surface area (Å²) in [7, 11) is 1.59. The predicted octanol–water partition coefficient (Wildman–Crippen LogP) is 5.30. The Balaban J connectivity index is -0.000000379. The van der Waals surface area contributed by atoms with Gasteiger partial charge >= 0.3 is 0 Å². The summed E-state index contributed by atoms with van der Waals surface area (Å²) in [5.41, 5.74) is 3.13. The molecule has 4 nitrogen and oxygen atoms in total. The lowest BCUT2D eigenvalue weighted by Gasteiger charge is -2.45. The number of benzene rings is 1. The molecule has 4 heteroatoms. The third-order valence-electron chi connectivity index (χ3n) is 3.96. The maximum absolute atomic E-state index is 11.0. The number of hydrogen-bond acceptors (Lipinski definition) is 3. The summed E-state index contributed by atoms with van der Waals surface area (Å²) in [6.07, 6.45) is 0.759. The molecule has 0 aliphatic rings. The van der Waals surface area contributed by atoms with Gasteiger partial charge < -0.3 is 14.7 Å². The summed E-state index contributed by atoms with van der Waals surface area (Å²) >= 11 is 0. The molecule has 0 saturated heterocycles. The summed E-state index contributed by atoms with van der Waals surface area (Å²) in [4.78, 5) is 12.6. The Bertz CT molecular complexity index is 496. The molecule has 0 aliphatic carbocycles. The zero-order chi connectivity index (χ0) is 22.3. The van der Waals surface area contributed by atoms with Crippen molar-refractivity contribution in [1.29, 1.82) is 0 Å². The molecular formula is C23H45NO3. The number of carbonyl (C=O) groups excluding carboxylic acids is 1. The van der Waals surface area contributed by atoms with Crippen LogP contribution in [0.5, 0.6) is 0 Å². The molecule has 0 radical (unpaired) electrons. The van der Waals surface area contributed by atoms with E-state index in [1.807, 2.05) is 55.4 Å². The number of aliphatic hydroxyl groups excluding tert-OH is 1. The summed E-state index contributed by atoms with van der Waals surface area (Å²) in [5, 5.41) is 9.19. The number of hydrogen-bond donors (Lipinski definition) is 1. The zero-order valence-corrected chi connectivity index (χ0v) is 19.9. The van der Waals surface area contributed by atoms with Crippen molar-refractivity contribution in [3.05, 3.63) is 34.9 Å². The van der Waals surface area contributed by atoms with Gasteiger partial charge in [-0.2, -0.15) is 0 Å². The van der Waals surface area contributed by atoms with Crippen LogP contribution in [0.4, 0.5) is 0 Å². The lowest BCUT2D eigenvalue weighted by Crippen LogP contribution is -2.58. The van der Waals surface area contributed by atoms with E-state index >= 15 is 0 Å². The van der Waals surface area contributed by atoms with Crippen LogP contribution >= 0.6 is 0 Å². The van der Waals surface area contributed by atoms with E-state index in [4.69, 9.17) is 4.74 Å². The first-order valence-corrected chi connectivity index (χ1v) is 9.90. The van der Waals surface area contributed by atoms with E-state index in [0.717, 1.165) is 6.41 Å². The second-order valence-corrected chi connectivity index (χ2v) is 7.28. The minimum absolute atomic E-state index is 0.0706. The van der Waals surface area contributed by atoms with Crippen molar-refractivity contribution in [1.82, 2.24) is 4.90 Å². The van der Waals surface area contributed by atoms with Crippen LogP contribution in [-0.4, -0.2) is 47.8 Å². The van der Waals surface area contributed by atoms with Gasteiger partial charge in [-0.3, -0.25) is 4.79 Å². The molecule has 1 rings (SSSR count). The number of nitrogens with zero attached hydrogens (tertiary/aromatic N) is 1. The summed E-state index contributed by atoms with van der Waals surface area (Å²) < 4.78 is 5.05. The van der Waals surface area contributed by atoms with Gasteiger partial charge in [-0.05, 0) is 59.6 Å². The average molecular weight is 384 g/mol. The Hall–Kier alpha value is -1.39. The van der Waals surface area contributed by atoms with E-state index in [-0.39, 0.29) is 6.61 Å². The van der Waals surface area contributed by atoms with Crippen LogP contribution in [0.2, 0.25) is 0 Å². The Morgan fingerprint density at radius 2 is 1.44 bits per heavy atom. The Morgan fingerprint density at radius 3 is 1.74 bits per heavy atom. The lowest BCUT2D eigenvalue weighted by molar-refractivity contribution is -0.135. The summed E-state index contributed by atoms with van der Waals surface area (Å²) in [5.74, 6) is 0. The fraction of sp³-hybridized carbons (Fsp3) is 0.696. The standard InChI is InChI=1S/C10H21NO3.C9H12.2C2H6/c1-9(2,6-12)11(8-13)10(3,4)7-14-5;1-7-4-5-8(2)9(3)6-7;2*1-2/h8,12H,6-7H2,1-5H3;4-6H,1-3H3;2*1-2H3.